The molecule has 0 aromatic heterocycles. The van der Waals surface area contributed by atoms with E-state index in [9.17, 15) is 4.79 Å². The van der Waals surface area contributed by atoms with Crippen molar-refractivity contribution in [1.82, 2.24) is 10.2 Å². The van der Waals surface area contributed by atoms with Crippen LogP contribution < -0.4 is 10.2 Å². The van der Waals surface area contributed by atoms with E-state index < -0.39 is 0 Å². The lowest BCUT2D eigenvalue weighted by Crippen LogP contribution is -2.60. The van der Waals surface area contributed by atoms with Crippen LogP contribution in [0.2, 0.25) is 0 Å². The van der Waals surface area contributed by atoms with Crippen molar-refractivity contribution < 1.29 is 4.79 Å². The third-order valence-electron chi connectivity index (χ3n) is 7.91. The molecule has 146 valence electrons. The molecule has 1 aromatic carbocycles. The number of benzene rings is 1. The van der Waals surface area contributed by atoms with Gasteiger partial charge in [-0.3, -0.25) is 4.79 Å². The first-order valence-corrected chi connectivity index (χ1v) is 11.1. The lowest BCUT2D eigenvalue weighted by Gasteiger charge is -2.49. The third kappa shape index (κ3) is 3.26. The number of rotatable bonds is 2. The van der Waals surface area contributed by atoms with Gasteiger partial charge in [-0.25, -0.2) is 0 Å². The Morgan fingerprint density at radius 1 is 0.926 bits per heavy atom. The molecule has 2 heterocycles. The number of para-hydroxylation sites is 1. The first kappa shape index (κ1) is 17.5. The van der Waals surface area contributed by atoms with Crippen molar-refractivity contribution >= 4 is 11.6 Å². The molecule has 4 heteroatoms. The van der Waals surface area contributed by atoms with Gasteiger partial charge >= 0.3 is 0 Å². The molecule has 27 heavy (non-hydrogen) atoms. The van der Waals surface area contributed by atoms with Crippen LogP contribution in [0.3, 0.4) is 0 Å². The summed E-state index contributed by atoms with van der Waals surface area (Å²) in [5.74, 6) is 2.18. The molecule has 4 fully saturated rings. The molecule has 2 aliphatic carbocycles. The highest BCUT2D eigenvalue weighted by molar-refractivity contribution is 5.86. The molecule has 1 N–H and O–H groups in total. The normalized spacial score (nSPS) is 33.7. The van der Waals surface area contributed by atoms with Gasteiger partial charge in [-0.05, 0) is 43.2 Å². The van der Waals surface area contributed by atoms with Gasteiger partial charge in [0.2, 0.25) is 5.91 Å². The number of anilines is 1. The number of nitrogens with one attached hydrogen (secondary N) is 1. The summed E-state index contributed by atoms with van der Waals surface area (Å²) in [6, 6.07) is 11.3. The zero-order chi connectivity index (χ0) is 18.3. The van der Waals surface area contributed by atoms with Crippen molar-refractivity contribution in [2.75, 3.05) is 24.5 Å². The van der Waals surface area contributed by atoms with Gasteiger partial charge in [0.25, 0.3) is 0 Å². The van der Waals surface area contributed by atoms with Crippen molar-refractivity contribution in [2.45, 2.75) is 69.5 Å². The van der Waals surface area contributed by atoms with Crippen LogP contribution in [0.1, 0.15) is 57.8 Å². The van der Waals surface area contributed by atoms with Crippen LogP contribution in [0.25, 0.3) is 0 Å². The second-order valence-corrected chi connectivity index (χ2v) is 9.31. The van der Waals surface area contributed by atoms with Gasteiger partial charge in [0, 0.05) is 37.7 Å². The minimum atomic E-state index is -0.170. The summed E-state index contributed by atoms with van der Waals surface area (Å²) < 4.78 is 0. The molecule has 0 radical (unpaired) electrons. The van der Waals surface area contributed by atoms with Gasteiger partial charge in [-0.2, -0.15) is 0 Å². The molecular weight excluding hydrogens is 334 g/mol. The first-order valence-electron chi connectivity index (χ1n) is 11.1. The Morgan fingerprint density at radius 3 is 2.44 bits per heavy atom. The Labute approximate surface area is 163 Å². The summed E-state index contributed by atoms with van der Waals surface area (Å²) in [7, 11) is 0. The number of hydrogen-bond acceptors (Lipinski definition) is 3. The summed E-state index contributed by atoms with van der Waals surface area (Å²) in [5, 5.41) is 3.35. The van der Waals surface area contributed by atoms with Crippen LogP contribution in [0.4, 0.5) is 5.69 Å². The molecule has 3 unspecified atom stereocenters. The van der Waals surface area contributed by atoms with Crippen molar-refractivity contribution in [2.24, 2.45) is 11.8 Å². The van der Waals surface area contributed by atoms with Crippen LogP contribution in [0.15, 0.2) is 30.3 Å². The standard InChI is InChI=1S/C23H33N3O/c27-22-17-26(20-8-2-1-3-9-20)23(24-22)12-14-25(15-13-23)21-11-10-18-6-4-5-7-19(18)16-21/h1-3,8-9,18-19,21H,4-7,10-17H2,(H,24,27). The van der Waals surface area contributed by atoms with E-state index in [-0.39, 0.29) is 11.6 Å². The highest BCUT2D eigenvalue weighted by Crippen LogP contribution is 2.43. The summed E-state index contributed by atoms with van der Waals surface area (Å²) in [4.78, 5) is 17.4. The van der Waals surface area contributed by atoms with E-state index in [2.05, 4.69) is 39.4 Å². The Morgan fingerprint density at radius 2 is 1.67 bits per heavy atom. The smallest absolute Gasteiger partial charge is 0.241 e. The molecule has 4 aliphatic rings. The SMILES string of the molecule is O=C1CN(c2ccccc2)C2(CCN(C3CCC4CCCCC4C3)CC2)N1. The van der Waals surface area contributed by atoms with Crippen LogP contribution >= 0.6 is 0 Å². The Bertz CT molecular complexity index is 667. The van der Waals surface area contributed by atoms with E-state index in [0.717, 1.165) is 43.8 Å². The number of amides is 1. The predicted molar refractivity (Wildman–Crippen MR) is 109 cm³/mol. The minimum absolute atomic E-state index is 0.170. The molecule has 1 spiro atoms. The van der Waals surface area contributed by atoms with Crippen molar-refractivity contribution in [1.29, 1.82) is 0 Å². The van der Waals surface area contributed by atoms with Gasteiger partial charge in [-0.15, -0.1) is 0 Å². The number of carbonyl (C=O) groups is 1. The number of likely N-dealkylation sites (tertiary alicyclic amines) is 1. The van der Waals surface area contributed by atoms with E-state index in [0.29, 0.717) is 6.54 Å². The zero-order valence-corrected chi connectivity index (χ0v) is 16.4. The Hall–Kier alpha value is -1.55. The molecule has 0 bridgehead atoms. The summed E-state index contributed by atoms with van der Waals surface area (Å²) in [6.07, 6.45) is 12.2. The molecule has 1 amide bonds. The predicted octanol–water partition coefficient (Wildman–Crippen LogP) is 3.77. The lowest BCUT2D eigenvalue weighted by molar-refractivity contribution is -0.119. The van der Waals surface area contributed by atoms with E-state index >= 15 is 0 Å². The fourth-order valence-electron chi connectivity index (χ4n) is 6.44. The van der Waals surface area contributed by atoms with Crippen LogP contribution in [0.5, 0.6) is 0 Å². The topological polar surface area (TPSA) is 35.6 Å². The summed E-state index contributed by atoms with van der Waals surface area (Å²) in [5.41, 5.74) is 1.00. The van der Waals surface area contributed by atoms with Gasteiger partial charge < -0.3 is 15.1 Å². The molecule has 2 saturated heterocycles. The molecule has 5 rings (SSSR count). The molecule has 3 atom stereocenters. The summed E-state index contributed by atoms with van der Waals surface area (Å²) >= 11 is 0. The zero-order valence-electron chi connectivity index (χ0n) is 16.4. The van der Waals surface area contributed by atoms with Crippen LogP contribution in [-0.2, 0) is 4.79 Å². The van der Waals surface area contributed by atoms with Gasteiger partial charge in [0.15, 0.2) is 0 Å². The van der Waals surface area contributed by atoms with Crippen molar-refractivity contribution in [3.05, 3.63) is 30.3 Å². The molecule has 1 aromatic rings. The third-order valence-corrected chi connectivity index (χ3v) is 7.91. The van der Waals surface area contributed by atoms with E-state index in [1.807, 2.05) is 6.07 Å². The van der Waals surface area contributed by atoms with E-state index in [4.69, 9.17) is 0 Å². The maximum atomic E-state index is 12.3. The average Bonchev–Trinajstić information content (AvgIpc) is 3.04. The maximum Gasteiger partial charge on any atom is 0.241 e. The maximum absolute atomic E-state index is 12.3. The highest BCUT2D eigenvalue weighted by Gasteiger charge is 2.47. The van der Waals surface area contributed by atoms with E-state index in [1.54, 1.807) is 0 Å². The lowest BCUT2D eigenvalue weighted by atomic mass is 9.69. The summed E-state index contributed by atoms with van der Waals surface area (Å²) in [6.45, 7) is 2.73. The fourth-order valence-corrected chi connectivity index (χ4v) is 6.44. The van der Waals surface area contributed by atoms with Gasteiger partial charge in [0.1, 0.15) is 5.66 Å². The van der Waals surface area contributed by atoms with Gasteiger partial charge in [-0.1, -0.05) is 43.9 Å². The largest absolute Gasteiger partial charge is 0.339 e. The fraction of sp³-hybridized carbons (Fsp3) is 0.696. The molecule has 4 nitrogen and oxygen atoms in total. The van der Waals surface area contributed by atoms with E-state index in [1.165, 1.54) is 50.6 Å². The highest BCUT2D eigenvalue weighted by atomic mass is 16.2. The number of hydrogen-bond donors (Lipinski definition) is 1. The second kappa shape index (κ2) is 7.12. The number of nitrogens with zero attached hydrogens (tertiary/aromatic N) is 2. The Kier molecular flexibility index (Phi) is 4.63. The first-order chi connectivity index (χ1) is 13.2. The number of piperidine rings is 1. The second-order valence-electron chi connectivity index (χ2n) is 9.31. The number of carbonyl (C=O) groups excluding carboxylic acids is 1. The quantitative estimate of drug-likeness (QED) is 0.864. The average molecular weight is 368 g/mol. The van der Waals surface area contributed by atoms with Crippen LogP contribution in [-0.4, -0.2) is 42.1 Å². The molecular formula is C23H33N3O. The molecule has 2 aliphatic heterocycles. The molecule has 2 saturated carbocycles. The van der Waals surface area contributed by atoms with Gasteiger partial charge in [0.05, 0.1) is 6.54 Å². The monoisotopic (exact) mass is 367 g/mol. The minimum Gasteiger partial charge on any atom is -0.339 e. The number of fused-ring (bicyclic) bond motifs is 1. The van der Waals surface area contributed by atoms with Crippen molar-refractivity contribution in [3.63, 3.8) is 0 Å². The van der Waals surface area contributed by atoms with Crippen LogP contribution in [0, 0.1) is 11.8 Å². The van der Waals surface area contributed by atoms with Crippen molar-refractivity contribution in [3.8, 4) is 0 Å². The Balaban J connectivity index is 1.26.